The lowest BCUT2D eigenvalue weighted by Crippen LogP contribution is -2.40. The molecule has 1 N–H and O–H groups in total. The van der Waals surface area contributed by atoms with E-state index in [0.717, 1.165) is 0 Å². The fourth-order valence-electron chi connectivity index (χ4n) is 1.18. The van der Waals surface area contributed by atoms with E-state index in [1.165, 1.54) is 6.07 Å². The first kappa shape index (κ1) is 11.9. The average molecular weight is 226 g/mol. The summed E-state index contributed by atoms with van der Waals surface area (Å²) in [6.45, 7) is 3.98. The van der Waals surface area contributed by atoms with Gasteiger partial charge in [-0.1, -0.05) is 12.1 Å². The van der Waals surface area contributed by atoms with E-state index in [-0.39, 0.29) is 11.9 Å². The largest absolute Gasteiger partial charge is 0.360 e. The number of benzene rings is 1. The van der Waals surface area contributed by atoms with E-state index in [4.69, 9.17) is 12.2 Å². The SMILES string of the molecule is CC(C)NC(=S)N(C)c1ccccc1F. The maximum absolute atomic E-state index is 13.4. The Balaban J connectivity index is 2.81. The highest BCUT2D eigenvalue weighted by Crippen LogP contribution is 2.16. The predicted octanol–water partition coefficient (Wildman–Crippen LogP) is 2.54. The Morgan fingerprint density at radius 2 is 2.00 bits per heavy atom. The van der Waals surface area contributed by atoms with E-state index in [2.05, 4.69) is 5.32 Å². The molecule has 0 amide bonds. The fourth-order valence-corrected chi connectivity index (χ4v) is 1.51. The molecule has 0 heterocycles. The molecule has 0 aliphatic carbocycles. The average Bonchev–Trinajstić information content (AvgIpc) is 2.16. The van der Waals surface area contributed by atoms with Gasteiger partial charge in [0.15, 0.2) is 5.11 Å². The monoisotopic (exact) mass is 226 g/mol. The summed E-state index contributed by atoms with van der Waals surface area (Å²) in [5.74, 6) is -0.270. The normalized spacial score (nSPS) is 10.2. The van der Waals surface area contributed by atoms with Crippen LogP contribution in [0.2, 0.25) is 0 Å². The summed E-state index contributed by atoms with van der Waals surface area (Å²) < 4.78 is 13.4. The first-order valence-corrected chi connectivity index (χ1v) is 5.22. The van der Waals surface area contributed by atoms with Gasteiger partial charge in [-0.25, -0.2) is 4.39 Å². The molecule has 0 bridgehead atoms. The molecular formula is C11H15FN2S. The van der Waals surface area contributed by atoms with E-state index in [1.807, 2.05) is 13.8 Å². The van der Waals surface area contributed by atoms with Crippen molar-refractivity contribution < 1.29 is 4.39 Å². The van der Waals surface area contributed by atoms with Crippen molar-refractivity contribution in [3.8, 4) is 0 Å². The van der Waals surface area contributed by atoms with E-state index in [9.17, 15) is 4.39 Å². The van der Waals surface area contributed by atoms with Gasteiger partial charge < -0.3 is 10.2 Å². The molecule has 1 aromatic rings. The third kappa shape index (κ3) is 3.16. The molecule has 0 fully saturated rings. The predicted molar refractivity (Wildman–Crippen MR) is 65.7 cm³/mol. The zero-order valence-corrected chi connectivity index (χ0v) is 9.94. The second-order valence-electron chi connectivity index (χ2n) is 3.61. The van der Waals surface area contributed by atoms with Gasteiger partial charge in [-0.05, 0) is 38.2 Å². The molecular weight excluding hydrogens is 211 g/mol. The van der Waals surface area contributed by atoms with Gasteiger partial charge in [0.2, 0.25) is 0 Å². The van der Waals surface area contributed by atoms with Crippen molar-refractivity contribution in [3.63, 3.8) is 0 Å². The summed E-state index contributed by atoms with van der Waals surface area (Å²) in [5, 5.41) is 3.58. The first-order chi connectivity index (χ1) is 7.02. The number of hydrogen-bond donors (Lipinski definition) is 1. The standard InChI is InChI=1S/C11H15FN2S/c1-8(2)13-11(15)14(3)10-7-5-4-6-9(10)12/h4-8H,1-3H3,(H,13,15). The van der Waals surface area contributed by atoms with E-state index in [0.29, 0.717) is 10.8 Å². The smallest absolute Gasteiger partial charge is 0.173 e. The maximum Gasteiger partial charge on any atom is 0.173 e. The van der Waals surface area contributed by atoms with Gasteiger partial charge in [-0.3, -0.25) is 0 Å². The lowest BCUT2D eigenvalue weighted by atomic mass is 10.3. The Morgan fingerprint density at radius 3 is 2.53 bits per heavy atom. The van der Waals surface area contributed by atoms with Crippen LogP contribution in [-0.2, 0) is 0 Å². The molecule has 0 atom stereocenters. The van der Waals surface area contributed by atoms with Crippen LogP contribution >= 0.6 is 12.2 Å². The lowest BCUT2D eigenvalue weighted by Gasteiger charge is -2.23. The summed E-state index contributed by atoms with van der Waals surface area (Å²) in [5.41, 5.74) is 0.482. The van der Waals surface area contributed by atoms with Crippen molar-refractivity contribution in [2.45, 2.75) is 19.9 Å². The number of rotatable bonds is 2. The van der Waals surface area contributed by atoms with Crippen LogP contribution in [0.1, 0.15) is 13.8 Å². The summed E-state index contributed by atoms with van der Waals surface area (Å²) in [7, 11) is 1.75. The minimum atomic E-state index is -0.270. The molecule has 0 radical (unpaired) electrons. The van der Waals surface area contributed by atoms with Crippen molar-refractivity contribution in [3.05, 3.63) is 30.1 Å². The maximum atomic E-state index is 13.4. The first-order valence-electron chi connectivity index (χ1n) is 4.81. The summed E-state index contributed by atoms with van der Waals surface area (Å²) in [4.78, 5) is 1.63. The minimum Gasteiger partial charge on any atom is -0.360 e. The van der Waals surface area contributed by atoms with Gasteiger partial charge >= 0.3 is 0 Å². The van der Waals surface area contributed by atoms with Gasteiger partial charge in [0.05, 0.1) is 5.69 Å². The fraction of sp³-hybridized carbons (Fsp3) is 0.364. The van der Waals surface area contributed by atoms with Crippen LogP contribution in [0.4, 0.5) is 10.1 Å². The van der Waals surface area contributed by atoms with E-state index < -0.39 is 0 Å². The molecule has 0 aliphatic rings. The van der Waals surface area contributed by atoms with Crippen molar-refractivity contribution in [1.82, 2.24) is 5.32 Å². The second kappa shape index (κ2) is 5.07. The molecule has 0 spiro atoms. The Hall–Kier alpha value is -1.16. The molecule has 2 nitrogen and oxygen atoms in total. The molecule has 15 heavy (non-hydrogen) atoms. The zero-order chi connectivity index (χ0) is 11.4. The molecule has 0 aliphatic heterocycles. The molecule has 0 saturated heterocycles. The van der Waals surface area contributed by atoms with Crippen molar-refractivity contribution in [2.24, 2.45) is 0 Å². The number of halogens is 1. The highest BCUT2D eigenvalue weighted by atomic mass is 32.1. The Morgan fingerprint density at radius 1 is 1.40 bits per heavy atom. The number of anilines is 1. The second-order valence-corrected chi connectivity index (χ2v) is 4.00. The lowest BCUT2D eigenvalue weighted by molar-refractivity contribution is 0.627. The summed E-state index contributed by atoms with van der Waals surface area (Å²) in [6.07, 6.45) is 0. The molecule has 0 aromatic heterocycles. The molecule has 4 heteroatoms. The zero-order valence-electron chi connectivity index (χ0n) is 9.12. The van der Waals surface area contributed by atoms with Crippen LogP contribution in [0, 0.1) is 5.82 Å². The quantitative estimate of drug-likeness (QED) is 0.780. The third-order valence-electron chi connectivity index (χ3n) is 1.93. The van der Waals surface area contributed by atoms with E-state index in [1.54, 1.807) is 30.1 Å². The van der Waals surface area contributed by atoms with Crippen LogP contribution in [0.25, 0.3) is 0 Å². The highest BCUT2D eigenvalue weighted by molar-refractivity contribution is 7.80. The Labute approximate surface area is 95.1 Å². The molecule has 82 valence electrons. The molecule has 1 rings (SSSR count). The van der Waals surface area contributed by atoms with Gasteiger partial charge in [0, 0.05) is 13.1 Å². The number of hydrogen-bond acceptors (Lipinski definition) is 1. The third-order valence-corrected chi connectivity index (χ3v) is 2.32. The topological polar surface area (TPSA) is 15.3 Å². The number of para-hydroxylation sites is 1. The van der Waals surface area contributed by atoms with Crippen LogP contribution in [-0.4, -0.2) is 18.2 Å². The molecule has 1 aromatic carbocycles. The number of thiocarbonyl (C=S) groups is 1. The summed E-state index contributed by atoms with van der Waals surface area (Å²) in [6, 6.07) is 6.80. The molecule has 0 unspecified atom stereocenters. The van der Waals surface area contributed by atoms with Gasteiger partial charge in [-0.2, -0.15) is 0 Å². The van der Waals surface area contributed by atoms with Crippen LogP contribution < -0.4 is 10.2 Å². The molecule has 0 saturated carbocycles. The van der Waals surface area contributed by atoms with Gasteiger partial charge in [-0.15, -0.1) is 0 Å². The van der Waals surface area contributed by atoms with Gasteiger partial charge in [0.1, 0.15) is 5.82 Å². The Bertz CT molecular complexity index is 352. The van der Waals surface area contributed by atoms with E-state index >= 15 is 0 Å². The van der Waals surface area contributed by atoms with Crippen molar-refractivity contribution in [1.29, 1.82) is 0 Å². The van der Waals surface area contributed by atoms with Crippen LogP contribution in [0.5, 0.6) is 0 Å². The number of nitrogens with zero attached hydrogens (tertiary/aromatic N) is 1. The minimum absolute atomic E-state index is 0.242. The van der Waals surface area contributed by atoms with Crippen LogP contribution in [0.3, 0.4) is 0 Å². The van der Waals surface area contributed by atoms with Crippen LogP contribution in [0.15, 0.2) is 24.3 Å². The summed E-state index contributed by atoms with van der Waals surface area (Å²) >= 11 is 5.14. The highest BCUT2D eigenvalue weighted by Gasteiger charge is 2.11. The van der Waals surface area contributed by atoms with Crippen molar-refractivity contribution >= 4 is 23.0 Å². The van der Waals surface area contributed by atoms with Crippen molar-refractivity contribution in [2.75, 3.05) is 11.9 Å². The number of nitrogens with one attached hydrogen (secondary N) is 1. The Kier molecular flexibility index (Phi) is 4.03. The van der Waals surface area contributed by atoms with Gasteiger partial charge in [0.25, 0.3) is 0 Å².